The summed E-state index contributed by atoms with van der Waals surface area (Å²) in [5, 5.41) is 0.881. The van der Waals surface area contributed by atoms with E-state index in [-0.39, 0.29) is 11.4 Å². The number of aromatic nitrogens is 1. The van der Waals surface area contributed by atoms with Gasteiger partial charge in [-0.05, 0) is 30.0 Å². The normalized spacial score (nSPS) is 11.7. The average Bonchev–Trinajstić information content (AvgIpc) is 2.82. The molecule has 0 unspecified atom stereocenters. The van der Waals surface area contributed by atoms with Gasteiger partial charge in [-0.3, -0.25) is 0 Å². The Balaban J connectivity index is 2.40. The Hall–Kier alpha value is -1.97. The average molecular weight is 303 g/mol. The van der Waals surface area contributed by atoms with E-state index in [1.165, 1.54) is 0 Å². The maximum Gasteiger partial charge on any atom is 0.340 e. The Bertz CT molecular complexity index is 665. The van der Waals surface area contributed by atoms with Crippen LogP contribution in [-0.2, 0) is 11.3 Å². The van der Waals surface area contributed by atoms with Crippen molar-refractivity contribution in [3.63, 3.8) is 0 Å². The van der Waals surface area contributed by atoms with Crippen molar-refractivity contribution in [2.75, 3.05) is 13.7 Å². The van der Waals surface area contributed by atoms with E-state index in [0.717, 1.165) is 29.6 Å². The zero-order valence-electron chi connectivity index (χ0n) is 14.1. The lowest BCUT2D eigenvalue weighted by Gasteiger charge is -2.17. The summed E-state index contributed by atoms with van der Waals surface area (Å²) in [6.45, 7) is 9.52. The van der Waals surface area contributed by atoms with Crippen molar-refractivity contribution < 1.29 is 14.3 Å². The summed E-state index contributed by atoms with van der Waals surface area (Å²) in [6.07, 6.45) is 2.89. The third kappa shape index (κ3) is 3.62. The first-order valence-electron chi connectivity index (χ1n) is 7.69. The number of nitrogens with zero attached hydrogens (tertiary/aromatic N) is 1. The van der Waals surface area contributed by atoms with Crippen LogP contribution in [-0.4, -0.2) is 24.3 Å². The van der Waals surface area contributed by atoms with Crippen LogP contribution in [0.25, 0.3) is 10.9 Å². The number of ether oxygens (including phenoxy) is 2. The lowest BCUT2D eigenvalue weighted by molar-refractivity contribution is 0.0369. The Morgan fingerprint density at radius 1 is 1.27 bits per heavy atom. The smallest absolute Gasteiger partial charge is 0.340 e. The zero-order chi connectivity index (χ0) is 16.3. The van der Waals surface area contributed by atoms with Crippen molar-refractivity contribution in [3.05, 3.63) is 30.0 Å². The van der Waals surface area contributed by atoms with Crippen LogP contribution in [0.15, 0.2) is 24.4 Å². The third-order valence-electron chi connectivity index (χ3n) is 3.41. The minimum absolute atomic E-state index is 0.0465. The van der Waals surface area contributed by atoms with Gasteiger partial charge >= 0.3 is 5.97 Å². The molecule has 0 fully saturated rings. The molecule has 0 aliphatic carbocycles. The predicted molar refractivity (Wildman–Crippen MR) is 88.5 cm³/mol. The summed E-state index contributed by atoms with van der Waals surface area (Å²) in [5.74, 6) is 0.467. The Labute approximate surface area is 132 Å². The van der Waals surface area contributed by atoms with E-state index in [1.54, 1.807) is 7.11 Å². The molecule has 1 aromatic heterocycles. The van der Waals surface area contributed by atoms with Crippen LogP contribution in [0.4, 0.5) is 0 Å². The van der Waals surface area contributed by atoms with Gasteiger partial charge in [0.1, 0.15) is 5.75 Å². The second kappa shape index (κ2) is 6.42. The van der Waals surface area contributed by atoms with Crippen molar-refractivity contribution in [2.45, 2.75) is 40.7 Å². The first kappa shape index (κ1) is 16.4. The molecule has 4 nitrogen and oxygen atoms in total. The van der Waals surface area contributed by atoms with Crippen molar-refractivity contribution in [3.8, 4) is 5.75 Å². The van der Waals surface area contributed by atoms with Gasteiger partial charge in [-0.25, -0.2) is 4.79 Å². The standard InChI is InChI=1S/C18H25NO3/c1-6-9-19-11-15(17(20)22-12-18(2,3)4)14-10-13(21-5)7-8-16(14)19/h7-8,10-11H,6,9,12H2,1-5H3. The molecule has 4 heteroatoms. The number of methoxy groups -OCH3 is 1. The minimum atomic E-state index is -0.275. The van der Waals surface area contributed by atoms with Crippen LogP contribution in [0.1, 0.15) is 44.5 Å². The molecule has 0 atom stereocenters. The van der Waals surface area contributed by atoms with Crippen LogP contribution in [0.2, 0.25) is 0 Å². The maximum absolute atomic E-state index is 12.4. The number of fused-ring (bicyclic) bond motifs is 1. The quantitative estimate of drug-likeness (QED) is 0.775. The lowest BCUT2D eigenvalue weighted by atomic mass is 9.99. The summed E-state index contributed by atoms with van der Waals surface area (Å²) >= 11 is 0. The molecule has 120 valence electrons. The van der Waals surface area contributed by atoms with Crippen LogP contribution >= 0.6 is 0 Å². The van der Waals surface area contributed by atoms with Gasteiger partial charge in [-0.2, -0.15) is 0 Å². The highest BCUT2D eigenvalue weighted by Crippen LogP contribution is 2.27. The van der Waals surface area contributed by atoms with Crippen molar-refractivity contribution in [1.82, 2.24) is 4.57 Å². The molecular formula is C18H25NO3. The van der Waals surface area contributed by atoms with Gasteiger partial charge in [-0.15, -0.1) is 0 Å². The summed E-state index contributed by atoms with van der Waals surface area (Å²) in [6, 6.07) is 5.80. The molecule has 1 heterocycles. The van der Waals surface area contributed by atoms with Gasteiger partial charge in [0, 0.05) is 23.6 Å². The summed E-state index contributed by atoms with van der Waals surface area (Å²) in [5.41, 5.74) is 1.59. The number of aryl methyl sites for hydroxylation is 1. The molecule has 0 radical (unpaired) electrons. The zero-order valence-corrected chi connectivity index (χ0v) is 14.1. The van der Waals surface area contributed by atoms with E-state index in [0.29, 0.717) is 12.2 Å². The van der Waals surface area contributed by atoms with Crippen LogP contribution < -0.4 is 4.74 Å². The van der Waals surface area contributed by atoms with Crippen LogP contribution in [0.5, 0.6) is 5.75 Å². The Morgan fingerprint density at radius 3 is 2.59 bits per heavy atom. The molecule has 2 rings (SSSR count). The van der Waals surface area contributed by atoms with Gasteiger partial charge in [0.25, 0.3) is 0 Å². The van der Waals surface area contributed by atoms with Gasteiger partial charge < -0.3 is 14.0 Å². The maximum atomic E-state index is 12.4. The SMILES string of the molecule is CCCn1cc(C(=O)OCC(C)(C)C)c2cc(OC)ccc21. The Morgan fingerprint density at radius 2 is 2.00 bits per heavy atom. The highest BCUT2D eigenvalue weighted by molar-refractivity contribution is 6.04. The molecule has 0 aliphatic heterocycles. The molecule has 22 heavy (non-hydrogen) atoms. The molecule has 0 amide bonds. The number of carbonyl (C=O) groups excluding carboxylic acids is 1. The first-order chi connectivity index (χ1) is 10.4. The molecule has 0 aliphatic rings. The van der Waals surface area contributed by atoms with Crippen molar-refractivity contribution >= 4 is 16.9 Å². The second-order valence-corrected chi connectivity index (χ2v) is 6.76. The third-order valence-corrected chi connectivity index (χ3v) is 3.41. The van der Waals surface area contributed by atoms with E-state index in [9.17, 15) is 4.79 Å². The highest BCUT2D eigenvalue weighted by Gasteiger charge is 2.19. The first-order valence-corrected chi connectivity index (χ1v) is 7.69. The molecule has 0 bridgehead atoms. The van der Waals surface area contributed by atoms with Crippen molar-refractivity contribution in [2.24, 2.45) is 5.41 Å². The predicted octanol–water partition coefficient (Wildman–Crippen LogP) is 4.26. The fourth-order valence-corrected chi connectivity index (χ4v) is 2.35. The van der Waals surface area contributed by atoms with Crippen LogP contribution in [0.3, 0.4) is 0 Å². The van der Waals surface area contributed by atoms with E-state index >= 15 is 0 Å². The van der Waals surface area contributed by atoms with E-state index in [4.69, 9.17) is 9.47 Å². The minimum Gasteiger partial charge on any atom is -0.497 e. The van der Waals surface area contributed by atoms with E-state index in [2.05, 4.69) is 11.5 Å². The van der Waals surface area contributed by atoms with Gasteiger partial charge in [0.2, 0.25) is 0 Å². The highest BCUT2D eigenvalue weighted by atomic mass is 16.5. The number of hydrogen-bond donors (Lipinski definition) is 0. The van der Waals surface area contributed by atoms with Gasteiger partial charge in [-0.1, -0.05) is 27.7 Å². The summed E-state index contributed by atoms with van der Waals surface area (Å²) < 4.78 is 12.9. The second-order valence-electron chi connectivity index (χ2n) is 6.76. The number of esters is 1. The van der Waals surface area contributed by atoms with E-state index in [1.807, 2.05) is 45.2 Å². The molecule has 1 aromatic carbocycles. The molecule has 2 aromatic rings. The molecular weight excluding hydrogens is 278 g/mol. The fraction of sp³-hybridized carbons (Fsp3) is 0.500. The summed E-state index contributed by atoms with van der Waals surface area (Å²) in [7, 11) is 1.63. The van der Waals surface area contributed by atoms with Crippen molar-refractivity contribution in [1.29, 1.82) is 0 Å². The molecule has 0 saturated heterocycles. The van der Waals surface area contributed by atoms with Crippen LogP contribution in [0, 0.1) is 5.41 Å². The van der Waals surface area contributed by atoms with E-state index < -0.39 is 0 Å². The largest absolute Gasteiger partial charge is 0.497 e. The number of rotatable bonds is 5. The number of carbonyl (C=O) groups is 1. The molecule has 0 spiro atoms. The molecule has 0 N–H and O–H groups in total. The van der Waals surface area contributed by atoms with Gasteiger partial charge in [0.15, 0.2) is 0 Å². The lowest BCUT2D eigenvalue weighted by Crippen LogP contribution is -2.18. The number of benzene rings is 1. The fourth-order valence-electron chi connectivity index (χ4n) is 2.35. The number of hydrogen-bond acceptors (Lipinski definition) is 3. The molecule has 0 saturated carbocycles. The monoisotopic (exact) mass is 303 g/mol. The van der Waals surface area contributed by atoms with Gasteiger partial charge in [0.05, 0.1) is 19.3 Å². The topological polar surface area (TPSA) is 40.5 Å². The Kier molecular flexibility index (Phi) is 4.79. The summed E-state index contributed by atoms with van der Waals surface area (Å²) in [4.78, 5) is 12.4.